The van der Waals surface area contributed by atoms with Crippen LogP contribution in [0.2, 0.25) is 0 Å². The number of carbonyl (C=O) groups excluding carboxylic acids is 1. The van der Waals surface area contributed by atoms with Crippen molar-refractivity contribution in [1.29, 1.82) is 0 Å². The van der Waals surface area contributed by atoms with E-state index in [0.29, 0.717) is 5.56 Å². The van der Waals surface area contributed by atoms with Crippen molar-refractivity contribution in [3.8, 4) is 0 Å². The van der Waals surface area contributed by atoms with Gasteiger partial charge in [0.1, 0.15) is 0 Å². The first-order valence-corrected chi connectivity index (χ1v) is 8.75. The normalized spacial score (nSPS) is 11.5. The van der Waals surface area contributed by atoms with Crippen LogP contribution in [0, 0.1) is 0 Å². The van der Waals surface area contributed by atoms with Crippen LogP contribution in [0.4, 0.5) is 5.69 Å². The number of fused-ring (bicyclic) bond motifs is 1. The van der Waals surface area contributed by atoms with Gasteiger partial charge < -0.3 is 5.32 Å². The maximum Gasteiger partial charge on any atom is 0.256 e. The second-order valence-corrected chi connectivity index (χ2v) is 7.78. The molecule has 122 valence electrons. The summed E-state index contributed by atoms with van der Waals surface area (Å²) in [5.41, 5.74) is 2.75. The Morgan fingerprint density at radius 1 is 0.958 bits per heavy atom. The van der Waals surface area contributed by atoms with E-state index in [9.17, 15) is 4.79 Å². The fraction of sp³-hybridized carbons (Fsp3) is 0.190. The first kappa shape index (κ1) is 16.7. The molecular weight excluding hydrogens is 362 g/mol. The Bertz CT molecular complexity index is 904. The van der Waals surface area contributed by atoms with Crippen molar-refractivity contribution in [3.63, 3.8) is 0 Å². The van der Waals surface area contributed by atoms with Gasteiger partial charge in [-0.15, -0.1) is 0 Å². The fourth-order valence-electron chi connectivity index (χ4n) is 2.70. The zero-order valence-corrected chi connectivity index (χ0v) is 15.6. The lowest BCUT2D eigenvalue weighted by molar-refractivity contribution is 0.102. The molecule has 1 N–H and O–H groups in total. The predicted molar refractivity (Wildman–Crippen MR) is 105 cm³/mol. The van der Waals surface area contributed by atoms with E-state index in [0.717, 1.165) is 20.9 Å². The highest BCUT2D eigenvalue weighted by Crippen LogP contribution is 2.30. The summed E-state index contributed by atoms with van der Waals surface area (Å²) in [7, 11) is 0. The Morgan fingerprint density at radius 3 is 2.38 bits per heavy atom. The Hall–Kier alpha value is -2.13. The van der Waals surface area contributed by atoms with Crippen LogP contribution in [-0.2, 0) is 5.41 Å². The molecule has 2 nitrogen and oxygen atoms in total. The molecule has 0 saturated heterocycles. The number of hydrogen-bond acceptors (Lipinski definition) is 1. The van der Waals surface area contributed by atoms with Crippen LogP contribution < -0.4 is 5.32 Å². The SMILES string of the molecule is CC(C)(C)c1ccc(NC(=O)c2cccc3ccccc23)c(Br)c1. The summed E-state index contributed by atoms with van der Waals surface area (Å²) >= 11 is 3.58. The van der Waals surface area contributed by atoms with Gasteiger partial charge in [-0.3, -0.25) is 4.79 Å². The number of nitrogens with one attached hydrogen (secondary N) is 1. The molecule has 0 spiro atoms. The molecule has 0 aliphatic heterocycles. The van der Waals surface area contributed by atoms with Crippen LogP contribution in [0.15, 0.2) is 65.1 Å². The van der Waals surface area contributed by atoms with Gasteiger partial charge in [-0.05, 0) is 55.9 Å². The molecule has 0 atom stereocenters. The predicted octanol–water partition coefficient (Wildman–Crippen LogP) is 6.15. The molecule has 0 aromatic heterocycles. The van der Waals surface area contributed by atoms with Crippen LogP contribution in [0.3, 0.4) is 0 Å². The molecule has 0 radical (unpaired) electrons. The molecule has 0 aliphatic rings. The van der Waals surface area contributed by atoms with Crippen LogP contribution in [0.5, 0.6) is 0 Å². The number of halogens is 1. The molecule has 3 rings (SSSR count). The highest BCUT2D eigenvalue weighted by molar-refractivity contribution is 9.10. The maximum absolute atomic E-state index is 12.7. The van der Waals surface area contributed by atoms with Crippen LogP contribution in [0.1, 0.15) is 36.7 Å². The lowest BCUT2D eigenvalue weighted by Crippen LogP contribution is -2.14. The quantitative estimate of drug-likeness (QED) is 0.566. The van der Waals surface area contributed by atoms with E-state index < -0.39 is 0 Å². The Labute approximate surface area is 151 Å². The van der Waals surface area contributed by atoms with Gasteiger partial charge in [0, 0.05) is 10.0 Å². The zero-order valence-electron chi connectivity index (χ0n) is 14.1. The van der Waals surface area contributed by atoms with Crippen LogP contribution >= 0.6 is 15.9 Å². The highest BCUT2D eigenvalue weighted by Gasteiger charge is 2.16. The number of benzene rings is 3. The van der Waals surface area contributed by atoms with Crippen molar-refractivity contribution in [3.05, 3.63) is 76.3 Å². The van der Waals surface area contributed by atoms with E-state index in [2.05, 4.69) is 54.2 Å². The first-order valence-electron chi connectivity index (χ1n) is 7.95. The van der Waals surface area contributed by atoms with Crippen molar-refractivity contribution in [2.45, 2.75) is 26.2 Å². The molecule has 24 heavy (non-hydrogen) atoms. The number of carbonyl (C=O) groups is 1. The van der Waals surface area contributed by atoms with E-state index in [1.165, 1.54) is 5.56 Å². The molecule has 0 fully saturated rings. The first-order chi connectivity index (χ1) is 11.4. The van der Waals surface area contributed by atoms with E-state index in [-0.39, 0.29) is 11.3 Å². The average Bonchev–Trinajstić information content (AvgIpc) is 2.55. The highest BCUT2D eigenvalue weighted by atomic mass is 79.9. The smallest absolute Gasteiger partial charge is 0.256 e. The summed E-state index contributed by atoms with van der Waals surface area (Å²) in [5.74, 6) is -0.101. The van der Waals surface area contributed by atoms with Crippen LogP contribution in [-0.4, -0.2) is 5.91 Å². The molecule has 0 heterocycles. The molecule has 3 aromatic carbocycles. The Kier molecular flexibility index (Phi) is 4.46. The molecule has 0 unspecified atom stereocenters. The van der Waals surface area contributed by atoms with Crippen molar-refractivity contribution >= 4 is 38.3 Å². The van der Waals surface area contributed by atoms with Gasteiger partial charge >= 0.3 is 0 Å². The Balaban J connectivity index is 1.92. The third kappa shape index (κ3) is 3.36. The van der Waals surface area contributed by atoms with Gasteiger partial charge in [0.15, 0.2) is 0 Å². The zero-order chi connectivity index (χ0) is 17.3. The third-order valence-electron chi connectivity index (χ3n) is 4.12. The summed E-state index contributed by atoms with van der Waals surface area (Å²) in [4.78, 5) is 12.7. The number of amides is 1. The molecule has 0 bridgehead atoms. The standard InChI is InChI=1S/C21H20BrNO/c1-21(2,3)15-11-12-19(18(22)13-15)23-20(24)17-10-6-8-14-7-4-5-9-16(14)17/h4-13H,1-3H3,(H,23,24). The lowest BCUT2D eigenvalue weighted by Gasteiger charge is -2.20. The van der Waals surface area contributed by atoms with Gasteiger partial charge in [0.25, 0.3) is 5.91 Å². The number of rotatable bonds is 2. The van der Waals surface area contributed by atoms with Gasteiger partial charge in [-0.25, -0.2) is 0 Å². The molecule has 0 aliphatic carbocycles. The van der Waals surface area contributed by atoms with Gasteiger partial charge in [0.05, 0.1) is 5.69 Å². The largest absolute Gasteiger partial charge is 0.321 e. The lowest BCUT2D eigenvalue weighted by atomic mass is 9.87. The Morgan fingerprint density at radius 2 is 1.67 bits per heavy atom. The number of hydrogen-bond donors (Lipinski definition) is 1. The van der Waals surface area contributed by atoms with Gasteiger partial charge in [0.2, 0.25) is 0 Å². The fourth-order valence-corrected chi connectivity index (χ4v) is 3.17. The maximum atomic E-state index is 12.7. The topological polar surface area (TPSA) is 29.1 Å². The van der Waals surface area contributed by atoms with E-state index >= 15 is 0 Å². The van der Waals surface area contributed by atoms with E-state index in [1.807, 2.05) is 48.5 Å². The minimum absolute atomic E-state index is 0.0701. The summed E-state index contributed by atoms with van der Waals surface area (Å²) in [6.07, 6.45) is 0. The molecule has 0 saturated carbocycles. The molecular formula is C21H20BrNO. The molecule has 1 amide bonds. The van der Waals surface area contributed by atoms with Crippen molar-refractivity contribution in [2.75, 3.05) is 5.32 Å². The van der Waals surface area contributed by atoms with Crippen molar-refractivity contribution in [2.24, 2.45) is 0 Å². The minimum atomic E-state index is -0.101. The summed E-state index contributed by atoms with van der Waals surface area (Å²) in [5, 5.41) is 5.03. The molecule has 3 aromatic rings. The molecule has 3 heteroatoms. The summed E-state index contributed by atoms with van der Waals surface area (Å²) in [6, 6.07) is 19.8. The van der Waals surface area contributed by atoms with Gasteiger partial charge in [-0.2, -0.15) is 0 Å². The summed E-state index contributed by atoms with van der Waals surface area (Å²) < 4.78 is 0.892. The summed E-state index contributed by atoms with van der Waals surface area (Å²) in [6.45, 7) is 6.51. The minimum Gasteiger partial charge on any atom is -0.321 e. The van der Waals surface area contributed by atoms with Crippen molar-refractivity contribution in [1.82, 2.24) is 0 Å². The van der Waals surface area contributed by atoms with E-state index in [4.69, 9.17) is 0 Å². The van der Waals surface area contributed by atoms with Crippen molar-refractivity contribution < 1.29 is 4.79 Å². The number of anilines is 1. The van der Waals surface area contributed by atoms with Crippen LogP contribution in [0.25, 0.3) is 10.8 Å². The van der Waals surface area contributed by atoms with Gasteiger partial charge in [-0.1, -0.05) is 63.2 Å². The second kappa shape index (κ2) is 6.40. The average molecular weight is 382 g/mol. The van der Waals surface area contributed by atoms with E-state index in [1.54, 1.807) is 0 Å². The monoisotopic (exact) mass is 381 g/mol. The second-order valence-electron chi connectivity index (χ2n) is 6.93. The third-order valence-corrected chi connectivity index (χ3v) is 4.77.